The molecule has 0 aliphatic carbocycles. The molecule has 4 nitrogen and oxygen atoms in total. The van der Waals surface area contributed by atoms with Gasteiger partial charge in [0.05, 0.1) is 19.8 Å². The summed E-state index contributed by atoms with van der Waals surface area (Å²) >= 11 is 0. The van der Waals surface area contributed by atoms with Crippen molar-refractivity contribution in [2.75, 3.05) is 19.8 Å². The lowest BCUT2D eigenvalue weighted by Gasteiger charge is -2.20. The Balaban J connectivity index is 1.09. The molecule has 0 spiro atoms. The molecule has 0 N–H and O–H groups in total. The van der Waals surface area contributed by atoms with Gasteiger partial charge >= 0.3 is 0 Å². The summed E-state index contributed by atoms with van der Waals surface area (Å²) in [6.07, 6.45) is 5.47. The van der Waals surface area contributed by atoms with Crippen LogP contribution in [0.2, 0.25) is 0 Å². The van der Waals surface area contributed by atoms with Gasteiger partial charge in [-0.15, -0.1) is 0 Å². The molecule has 184 valence electrons. The third-order valence-corrected chi connectivity index (χ3v) is 6.60. The molecular formula is C33H30N2O2. The van der Waals surface area contributed by atoms with Gasteiger partial charge in [0.25, 0.3) is 0 Å². The molecule has 0 radical (unpaired) electrons. The molecule has 4 aromatic rings. The number of carbonyl (C=O) groups is 2. The Labute approximate surface area is 218 Å². The maximum absolute atomic E-state index is 12.8. The Hall–Kier alpha value is -4.44. The topological polar surface area (TPSA) is 40.6 Å². The minimum absolute atomic E-state index is 0.0677. The summed E-state index contributed by atoms with van der Waals surface area (Å²) in [5.74, 6) is 0.135. The normalized spacial score (nSPS) is 12.6. The highest BCUT2D eigenvalue weighted by Gasteiger charge is 2.19. The van der Waals surface area contributed by atoms with E-state index in [1.54, 1.807) is 0 Å². The standard InChI is InChI=1S/C33H30N2O2/c36-32(30-15-11-28(12-16-30)21-26-7-3-1-4-8-26)23-34-19-20-35(25-34)24-33(37)31-17-13-29(14-18-31)22-27-9-5-2-6-10-27/h1-20H,21-25H2. The van der Waals surface area contributed by atoms with Gasteiger partial charge in [0.15, 0.2) is 11.6 Å². The van der Waals surface area contributed by atoms with Gasteiger partial charge < -0.3 is 9.80 Å². The minimum Gasteiger partial charge on any atom is -0.351 e. The van der Waals surface area contributed by atoms with Crippen molar-refractivity contribution in [2.45, 2.75) is 12.8 Å². The molecule has 5 rings (SSSR count). The fourth-order valence-electron chi connectivity index (χ4n) is 4.55. The SMILES string of the molecule is O=C(CN1C=CN(CC(=O)c2ccc(Cc3ccccc3)cc2)C1)c1ccc(Cc2ccccc2)cc1. The number of ketones is 2. The number of Topliss-reactive ketones (excluding diaryl/α,β-unsaturated/α-hetero) is 2. The van der Waals surface area contributed by atoms with Crippen molar-refractivity contribution in [2.24, 2.45) is 0 Å². The minimum atomic E-state index is 0.0677. The van der Waals surface area contributed by atoms with Crippen LogP contribution in [0.15, 0.2) is 122 Å². The van der Waals surface area contributed by atoms with E-state index in [4.69, 9.17) is 0 Å². The van der Waals surface area contributed by atoms with Gasteiger partial charge in [0.2, 0.25) is 0 Å². The van der Waals surface area contributed by atoms with Crippen molar-refractivity contribution in [3.63, 3.8) is 0 Å². The summed E-state index contributed by atoms with van der Waals surface area (Å²) < 4.78 is 0. The second-order valence-corrected chi connectivity index (χ2v) is 9.50. The maximum atomic E-state index is 12.8. The third-order valence-electron chi connectivity index (χ3n) is 6.60. The zero-order valence-electron chi connectivity index (χ0n) is 20.8. The fourth-order valence-corrected chi connectivity index (χ4v) is 4.55. The van der Waals surface area contributed by atoms with E-state index in [0.717, 1.165) is 12.8 Å². The number of nitrogens with zero attached hydrogens (tertiary/aromatic N) is 2. The second-order valence-electron chi connectivity index (χ2n) is 9.50. The molecule has 1 aliphatic heterocycles. The Morgan fingerprint density at radius 3 is 1.22 bits per heavy atom. The van der Waals surface area contributed by atoms with E-state index < -0.39 is 0 Å². The van der Waals surface area contributed by atoms with E-state index in [9.17, 15) is 9.59 Å². The van der Waals surface area contributed by atoms with E-state index in [2.05, 4.69) is 24.3 Å². The molecule has 0 saturated heterocycles. The summed E-state index contributed by atoms with van der Waals surface area (Å²) in [6.45, 7) is 1.09. The molecule has 0 atom stereocenters. The maximum Gasteiger partial charge on any atom is 0.182 e. The fraction of sp³-hybridized carbons (Fsp3) is 0.152. The molecule has 0 aromatic heterocycles. The lowest BCUT2D eigenvalue weighted by molar-refractivity contribution is 0.0921. The van der Waals surface area contributed by atoms with Crippen LogP contribution in [-0.4, -0.2) is 41.1 Å². The highest BCUT2D eigenvalue weighted by Crippen LogP contribution is 2.15. The van der Waals surface area contributed by atoms with Crippen molar-refractivity contribution < 1.29 is 9.59 Å². The van der Waals surface area contributed by atoms with Crippen LogP contribution in [-0.2, 0) is 12.8 Å². The Morgan fingerprint density at radius 1 is 0.486 bits per heavy atom. The Bertz CT molecular complexity index is 1250. The smallest absolute Gasteiger partial charge is 0.182 e. The van der Waals surface area contributed by atoms with E-state index in [0.29, 0.717) is 17.8 Å². The summed E-state index contributed by atoms with van der Waals surface area (Å²) in [7, 11) is 0. The molecule has 0 amide bonds. The van der Waals surface area contributed by atoms with Crippen LogP contribution >= 0.6 is 0 Å². The van der Waals surface area contributed by atoms with Crippen LogP contribution in [0.4, 0.5) is 0 Å². The zero-order chi connectivity index (χ0) is 25.5. The Morgan fingerprint density at radius 2 is 0.838 bits per heavy atom. The first-order chi connectivity index (χ1) is 18.1. The van der Waals surface area contributed by atoms with Gasteiger partial charge in [0, 0.05) is 23.5 Å². The molecular weight excluding hydrogens is 456 g/mol. The van der Waals surface area contributed by atoms with Crippen molar-refractivity contribution in [3.8, 4) is 0 Å². The summed E-state index contributed by atoms with van der Waals surface area (Å²) in [4.78, 5) is 29.5. The Kier molecular flexibility index (Phi) is 7.56. The molecule has 0 fully saturated rings. The van der Waals surface area contributed by atoms with Crippen LogP contribution in [0.5, 0.6) is 0 Å². The van der Waals surface area contributed by atoms with Crippen molar-refractivity contribution in [1.29, 1.82) is 0 Å². The lowest BCUT2D eigenvalue weighted by atomic mass is 10.0. The summed E-state index contributed by atoms with van der Waals surface area (Å²) in [5.41, 5.74) is 6.27. The number of hydrogen-bond acceptors (Lipinski definition) is 4. The molecule has 37 heavy (non-hydrogen) atoms. The van der Waals surface area contributed by atoms with Gasteiger partial charge in [-0.3, -0.25) is 9.59 Å². The first-order valence-electron chi connectivity index (χ1n) is 12.6. The quantitative estimate of drug-likeness (QED) is 0.259. The number of benzene rings is 4. The number of carbonyl (C=O) groups excluding carboxylic acids is 2. The number of hydrogen-bond donors (Lipinski definition) is 0. The van der Waals surface area contributed by atoms with Crippen molar-refractivity contribution >= 4 is 11.6 Å². The van der Waals surface area contributed by atoms with Crippen LogP contribution in [0, 0.1) is 0 Å². The van der Waals surface area contributed by atoms with Crippen LogP contribution < -0.4 is 0 Å². The lowest BCUT2D eigenvalue weighted by Crippen LogP contribution is -2.32. The monoisotopic (exact) mass is 486 g/mol. The highest BCUT2D eigenvalue weighted by molar-refractivity contribution is 5.98. The van der Waals surface area contributed by atoms with E-state index in [1.807, 2.05) is 107 Å². The van der Waals surface area contributed by atoms with Crippen LogP contribution in [0.25, 0.3) is 0 Å². The van der Waals surface area contributed by atoms with Gasteiger partial charge in [-0.25, -0.2) is 0 Å². The molecule has 0 bridgehead atoms. The first kappa shape index (κ1) is 24.3. The summed E-state index contributed by atoms with van der Waals surface area (Å²) in [6, 6.07) is 36.3. The molecule has 1 aliphatic rings. The molecule has 0 unspecified atom stereocenters. The van der Waals surface area contributed by atoms with E-state index >= 15 is 0 Å². The van der Waals surface area contributed by atoms with Gasteiger partial charge in [0.1, 0.15) is 0 Å². The van der Waals surface area contributed by atoms with Gasteiger partial charge in [-0.1, -0.05) is 109 Å². The van der Waals surface area contributed by atoms with Crippen LogP contribution in [0.1, 0.15) is 43.0 Å². The summed E-state index contributed by atoms with van der Waals surface area (Å²) in [5, 5.41) is 0. The number of rotatable bonds is 10. The molecule has 4 aromatic carbocycles. The highest BCUT2D eigenvalue weighted by atomic mass is 16.1. The molecule has 4 heteroatoms. The predicted molar refractivity (Wildman–Crippen MR) is 147 cm³/mol. The second kappa shape index (κ2) is 11.5. The molecule has 0 saturated carbocycles. The largest absolute Gasteiger partial charge is 0.351 e. The third kappa shape index (κ3) is 6.62. The average Bonchev–Trinajstić information content (AvgIpc) is 3.37. The van der Waals surface area contributed by atoms with Gasteiger partial charge in [-0.2, -0.15) is 0 Å². The average molecular weight is 487 g/mol. The van der Waals surface area contributed by atoms with E-state index in [1.165, 1.54) is 22.3 Å². The van der Waals surface area contributed by atoms with Gasteiger partial charge in [-0.05, 0) is 35.1 Å². The van der Waals surface area contributed by atoms with Crippen molar-refractivity contribution in [3.05, 3.63) is 155 Å². The van der Waals surface area contributed by atoms with E-state index in [-0.39, 0.29) is 24.7 Å². The molecule has 1 heterocycles. The first-order valence-corrected chi connectivity index (χ1v) is 12.6. The predicted octanol–water partition coefficient (Wildman–Crippen LogP) is 5.98. The van der Waals surface area contributed by atoms with Crippen LogP contribution in [0.3, 0.4) is 0 Å². The van der Waals surface area contributed by atoms with Crippen molar-refractivity contribution in [1.82, 2.24) is 9.80 Å². The zero-order valence-corrected chi connectivity index (χ0v) is 20.8.